The number of nitrogens with zero attached hydrogens (tertiary/aromatic N) is 6. The van der Waals surface area contributed by atoms with Gasteiger partial charge in [-0.3, -0.25) is 38.5 Å². The second kappa shape index (κ2) is 16.2. The SMILES string of the molecule is COc1ccc([Si](C)(C)[C@@H]2[C@@H](CCn3cc(CCO)nn3)O[C@]3(C(=O)N(Cc4ccc(N5C(=O)CC5OC(C)=O)cc4)c4ccc(N5C(=O)CC5OC(C)=O)cc43)[C@H]2C)cc1. The van der Waals surface area contributed by atoms with Crippen molar-refractivity contribution in [3.05, 3.63) is 89.7 Å². The smallest absolute Gasteiger partial charge is 0.304 e. The number of carbonyl (C=O) groups excluding carboxylic acids is 5. The molecular formula is C44H50N6O10Si. The van der Waals surface area contributed by atoms with E-state index in [1.54, 1.807) is 34.9 Å². The van der Waals surface area contributed by atoms with Crippen LogP contribution in [0.1, 0.15) is 56.9 Å². The molecule has 6 atom stereocenters. The van der Waals surface area contributed by atoms with Gasteiger partial charge in [0, 0.05) is 62.5 Å². The summed E-state index contributed by atoms with van der Waals surface area (Å²) >= 11 is 0. The molecule has 5 heterocycles. The summed E-state index contributed by atoms with van der Waals surface area (Å²) in [6.07, 6.45) is 1.02. The number of fused-ring (bicyclic) bond motifs is 2. The van der Waals surface area contributed by atoms with Gasteiger partial charge >= 0.3 is 11.9 Å². The molecule has 3 saturated heterocycles. The molecule has 0 saturated carbocycles. The van der Waals surface area contributed by atoms with Crippen LogP contribution in [0.4, 0.5) is 17.1 Å². The third kappa shape index (κ3) is 7.37. The summed E-state index contributed by atoms with van der Waals surface area (Å²) in [4.78, 5) is 69.4. The molecule has 4 aliphatic rings. The second-order valence-electron chi connectivity index (χ2n) is 16.7. The normalized spacial score (nSPS) is 24.5. The monoisotopic (exact) mass is 850 g/mol. The van der Waals surface area contributed by atoms with Gasteiger partial charge in [0.2, 0.25) is 11.8 Å². The van der Waals surface area contributed by atoms with Gasteiger partial charge in [-0.15, -0.1) is 5.10 Å². The van der Waals surface area contributed by atoms with Crippen molar-refractivity contribution in [3.8, 4) is 5.75 Å². The van der Waals surface area contributed by atoms with Gasteiger partial charge in [0.15, 0.2) is 18.1 Å². The topological polar surface area (TPSA) is 183 Å². The number of ether oxygens (including phenoxy) is 4. The molecule has 1 spiro atoms. The first kappa shape index (κ1) is 41.8. The van der Waals surface area contributed by atoms with E-state index in [0.717, 1.165) is 11.3 Å². The predicted molar refractivity (Wildman–Crippen MR) is 224 cm³/mol. The summed E-state index contributed by atoms with van der Waals surface area (Å²) in [6, 6.07) is 20.8. The zero-order valence-electron chi connectivity index (χ0n) is 35.1. The molecule has 16 nitrogen and oxygen atoms in total. The van der Waals surface area contributed by atoms with Gasteiger partial charge in [0.1, 0.15) is 5.75 Å². The number of anilines is 3. The number of amides is 3. The van der Waals surface area contributed by atoms with Crippen LogP contribution in [0.5, 0.6) is 5.75 Å². The highest BCUT2D eigenvalue weighted by Crippen LogP contribution is 2.61. The minimum absolute atomic E-state index is 0.0440. The number of hydrogen-bond donors (Lipinski definition) is 1. The van der Waals surface area contributed by atoms with E-state index in [-0.39, 0.29) is 55.2 Å². The van der Waals surface area contributed by atoms with Crippen LogP contribution in [-0.4, -0.2) is 90.1 Å². The van der Waals surface area contributed by atoms with Gasteiger partial charge < -0.3 is 29.0 Å². The Kier molecular flexibility index (Phi) is 11.1. The fraction of sp³-hybridized carbons (Fsp3) is 0.432. The van der Waals surface area contributed by atoms with Gasteiger partial charge in [0.25, 0.3) is 5.91 Å². The molecular weight excluding hydrogens is 801 g/mol. The van der Waals surface area contributed by atoms with E-state index in [4.69, 9.17) is 18.9 Å². The van der Waals surface area contributed by atoms with Crippen molar-refractivity contribution in [1.82, 2.24) is 15.0 Å². The summed E-state index contributed by atoms with van der Waals surface area (Å²) in [5, 5.41) is 19.2. The Balaban J connectivity index is 1.19. The van der Waals surface area contributed by atoms with E-state index < -0.39 is 44.2 Å². The Hall–Kier alpha value is -5.91. The van der Waals surface area contributed by atoms with Crippen molar-refractivity contribution < 1.29 is 48.0 Å². The van der Waals surface area contributed by atoms with E-state index in [9.17, 15) is 24.3 Å². The van der Waals surface area contributed by atoms with Gasteiger partial charge in [0.05, 0.1) is 52.1 Å². The molecule has 0 bridgehead atoms. The molecule has 320 valence electrons. The number of aliphatic hydroxyl groups is 1. The molecule has 0 radical (unpaired) electrons. The first-order chi connectivity index (χ1) is 29.2. The van der Waals surface area contributed by atoms with E-state index in [0.29, 0.717) is 47.7 Å². The third-order valence-corrected chi connectivity index (χ3v) is 17.0. The Bertz CT molecular complexity index is 2370. The number of aliphatic hydroxyl groups excluding tert-OH is 1. The van der Waals surface area contributed by atoms with Crippen molar-refractivity contribution >= 4 is 60.0 Å². The lowest BCUT2D eigenvalue weighted by Gasteiger charge is -2.39. The maximum absolute atomic E-state index is 15.5. The quantitative estimate of drug-likeness (QED) is 0.110. The summed E-state index contributed by atoms with van der Waals surface area (Å²) in [5.41, 5.74) is 2.20. The zero-order valence-corrected chi connectivity index (χ0v) is 36.1. The zero-order chi connectivity index (χ0) is 43.4. The van der Waals surface area contributed by atoms with Crippen LogP contribution >= 0.6 is 0 Å². The summed E-state index contributed by atoms with van der Waals surface area (Å²) < 4.78 is 25.4. The Morgan fingerprint density at radius 3 is 2.11 bits per heavy atom. The highest BCUT2D eigenvalue weighted by atomic mass is 28.3. The fourth-order valence-electron chi connectivity index (χ4n) is 9.73. The molecule has 3 aromatic carbocycles. The lowest BCUT2D eigenvalue weighted by atomic mass is 9.82. The van der Waals surface area contributed by atoms with Crippen molar-refractivity contribution in [2.24, 2.45) is 5.92 Å². The van der Waals surface area contributed by atoms with Crippen LogP contribution in [0, 0.1) is 5.92 Å². The number of β-lactam (4-membered cyclic amide) rings is 2. The van der Waals surface area contributed by atoms with Gasteiger partial charge in [-0.25, -0.2) is 0 Å². The number of rotatable bonds is 14. The molecule has 4 aromatic rings. The summed E-state index contributed by atoms with van der Waals surface area (Å²) in [6.45, 7) is 9.87. The number of hydrogen-bond acceptors (Lipinski definition) is 12. The largest absolute Gasteiger partial charge is 0.497 e. The average molecular weight is 851 g/mol. The predicted octanol–water partition coefficient (Wildman–Crippen LogP) is 3.93. The molecule has 2 unspecified atom stereocenters. The first-order valence-electron chi connectivity index (χ1n) is 20.5. The molecule has 61 heavy (non-hydrogen) atoms. The number of aromatic nitrogens is 3. The molecule has 0 aliphatic carbocycles. The second-order valence-corrected chi connectivity index (χ2v) is 21.4. The van der Waals surface area contributed by atoms with Crippen LogP contribution in [0.2, 0.25) is 18.6 Å². The third-order valence-electron chi connectivity index (χ3n) is 12.7. The lowest BCUT2D eigenvalue weighted by molar-refractivity contribution is -0.155. The number of methoxy groups -OCH3 is 1. The average Bonchev–Trinajstić information content (AvgIpc) is 3.86. The van der Waals surface area contributed by atoms with Crippen LogP contribution < -0.4 is 24.6 Å². The van der Waals surface area contributed by atoms with Gasteiger partial charge in [-0.05, 0) is 60.0 Å². The maximum Gasteiger partial charge on any atom is 0.304 e. The Morgan fingerprint density at radius 2 is 1.52 bits per heavy atom. The minimum atomic E-state index is -2.52. The van der Waals surface area contributed by atoms with E-state index in [2.05, 4.69) is 42.5 Å². The standard InChI is InChI=1S/C44H50N6O10Si/c1-26-42(61(5,6)34-14-12-33(57-4)13-15-34)37(17-19-47-25-30(18-20-51)45-46-47)60-44(26)35-21-32(50-39(55)23-41(50)59-28(3)53)11-16-36(35)48(43(44)56)24-29-7-9-31(10-8-29)49-38(54)22-40(49)58-27(2)52/h7-16,21,25-26,37,40-42,51H,17-20,22-24H2,1-6H3/t26-,37+,40?,41?,42-,44+/m0/s1. The Morgan fingerprint density at radius 1 is 0.902 bits per heavy atom. The van der Waals surface area contributed by atoms with Crippen molar-refractivity contribution in [2.75, 3.05) is 28.4 Å². The molecule has 17 heteroatoms. The van der Waals surface area contributed by atoms with Crippen molar-refractivity contribution in [3.63, 3.8) is 0 Å². The van der Waals surface area contributed by atoms with Gasteiger partial charge in [-0.1, -0.05) is 54.7 Å². The molecule has 1 N–H and O–H groups in total. The van der Waals surface area contributed by atoms with E-state index >= 15 is 4.79 Å². The van der Waals surface area contributed by atoms with Crippen molar-refractivity contribution in [2.45, 2.75) is 102 Å². The van der Waals surface area contributed by atoms with E-state index in [1.165, 1.54) is 28.8 Å². The molecule has 3 fully saturated rings. The Labute approximate surface area is 354 Å². The molecule has 3 amide bonds. The van der Waals surface area contributed by atoms with Gasteiger partial charge in [-0.2, -0.15) is 0 Å². The number of esters is 2. The maximum atomic E-state index is 15.5. The van der Waals surface area contributed by atoms with Crippen molar-refractivity contribution in [1.29, 1.82) is 0 Å². The molecule has 1 aromatic heterocycles. The van der Waals surface area contributed by atoms with Crippen LogP contribution in [0.15, 0.2) is 72.9 Å². The lowest BCUT2D eigenvalue weighted by Crippen LogP contribution is -2.55. The molecule has 4 aliphatic heterocycles. The fourth-order valence-corrected chi connectivity index (χ4v) is 13.8. The minimum Gasteiger partial charge on any atom is -0.497 e. The van der Waals surface area contributed by atoms with Crippen LogP contribution in [-0.2, 0) is 63.3 Å². The highest BCUT2D eigenvalue weighted by molar-refractivity contribution is 6.91. The van der Waals surface area contributed by atoms with Crippen LogP contribution in [0.3, 0.4) is 0 Å². The number of aryl methyl sites for hydroxylation is 1. The van der Waals surface area contributed by atoms with E-state index in [1.807, 2.05) is 42.6 Å². The summed E-state index contributed by atoms with van der Waals surface area (Å²) in [7, 11) is -0.885. The number of benzene rings is 3. The molecule has 8 rings (SSSR count). The van der Waals surface area contributed by atoms with Crippen LogP contribution in [0.25, 0.3) is 0 Å². The first-order valence-corrected chi connectivity index (χ1v) is 23.6. The summed E-state index contributed by atoms with van der Waals surface area (Å²) in [5.74, 6) is -1.22. The highest BCUT2D eigenvalue weighted by Gasteiger charge is 2.66. The number of carbonyl (C=O) groups is 5.